The minimum atomic E-state index is -0.632. The van der Waals surface area contributed by atoms with Gasteiger partial charge >= 0.3 is 5.97 Å². The van der Waals surface area contributed by atoms with Gasteiger partial charge < -0.3 is 10.4 Å². The molecule has 3 heteroatoms. The molecule has 0 amide bonds. The van der Waals surface area contributed by atoms with Gasteiger partial charge in [-0.25, -0.2) is 0 Å². The Balaban J connectivity index is 1.76. The monoisotopic (exact) mass is 239 g/mol. The second kappa shape index (κ2) is 5.85. The van der Waals surface area contributed by atoms with Crippen LogP contribution in [0.3, 0.4) is 0 Å². The predicted octanol–water partition coefficient (Wildman–Crippen LogP) is 2.94. The molecular weight excluding hydrogens is 214 g/mol. The van der Waals surface area contributed by atoms with E-state index in [0.29, 0.717) is 12.5 Å². The van der Waals surface area contributed by atoms with Crippen LogP contribution in [-0.4, -0.2) is 23.7 Å². The van der Waals surface area contributed by atoms with Crippen LogP contribution in [0.4, 0.5) is 0 Å². The second-order valence-corrected chi connectivity index (χ2v) is 5.99. The first kappa shape index (κ1) is 12.9. The quantitative estimate of drug-likeness (QED) is 0.725. The van der Waals surface area contributed by atoms with Gasteiger partial charge in [-0.3, -0.25) is 4.79 Å². The lowest BCUT2D eigenvalue weighted by Crippen LogP contribution is -2.44. The topological polar surface area (TPSA) is 49.3 Å². The van der Waals surface area contributed by atoms with E-state index >= 15 is 0 Å². The molecule has 0 heterocycles. The van der Waals surface area contributed by atoms with Crippen molar-refractivity contribution >= 4 is 5.97 Å². The third-order valence-corrected chi connectivity index (χ3v) is 4.56. The van der Waals surface area contributed by atoms with E-state index < -0.39 is 5.97 Å². The summed E-state index contributed by atoms with van der Waals surface area (Å²) in [6.07, 6.45) is 11.7. The summed E-state index contributed by atoms with van der Waals surface area (Å²) in [6, 6.07) is 0.642. The lowest BCUT2D eigenvalue weighted by atomic mass is 9.66. The van der Waals surface area contributed by atoms with E-state index in [4.69, 9.17) is 5.11 Å². The first-order chi connectivity index (χ1) is 8.20. The fraction of sp³-hybridized carbons (Fsp3) is 0.929. The van der Waals surface area contributed by atoms with Crippen LogP contribution in [0.1, 0.15) is 64.2 Å². The Hall–Kier alpha value is -0.570. The molecule has 0 atom stereocenters. The van der Waals surface area contributed by atoms with Crippen molar-refractivity contribution in [1.82, 2.24) is 5.32 Å². The Morgan fingerprint density at radius 1 is 1.12 bits per heavy atom. The molecule has 2 rings (SSSR count). The molecule has 0 bridgehead atoms. The highest BCUT2D eigenvalue weighted by Crippen LogP contribution is 2.43. The van der Waals surface area contributed by atoms with Gasteiger partial charge in [0.2, 0.25) is 0 Å². The zero-order valence-electron chi connectivity index (χ0n) is 10.7. The summed E-state index contributed by atoms with van der Waals surface area (Å²) in [5.74, 6) is -0.632. The highest BCUT2D eigenvalue weighted by Gasteiger charge is 2.39. The van der Waals surface area contributed by atoms with Crippen LogP contribution in [-0.2, 0) is 4.79 Å². The number of nitrogens with one attached hydrogen (secondary N) is 1. The molecule has 2 saturated carbocycles. The van der Waals surface area contributed by atoms with E-state index in [0.717, 1.165) is 19.4 Å². The average Bonchev–Trinajstić information content (AvgIpc) is 2.49. The summed E-state index contributed by atoms with van der Waals surface area (Å²) in [6.45, 7) is 0.921. The van der Waals surface area contributed by atoms with Crippen molar-refractivity contribution in [3.63, 3.8) is 0 Å². The van der Waals surface area contributed by atoms with Crippen LogP contribution < -0.4 is 5.32 Å². The number of carbonyl (C=O) groups is 1. The van der Waals surface area contributed by atoms with Crippen molar-refractivity contribution in [2.45, 2.75) is 70.3 Å². The molecule has 2 aliphatic carbocycles. The Morgan fingerprint density at radius 2 is 1.76 bits per heavy atom. The van der Waals surface area contributed by atoms with E-state index in [1.165, 1.54) is 44.9 Å². The number of carboxylic acids is 1. The van der Waals surface area contributed by atoms with Crippen molar-refractivity contribution in [2.75, 3.05) is 6.54 Å². The molecule has 2 N–H and O–H groups in total. The van der Waals surface area contributed by atoms with E-state index in [1.807, 2.05) is 0 Å². The predicted molar refractivity (Wildman–Crippen MR) is 68.0 cm³/mol. The number of carboxylic acid groups (broad SMARTS) is 1. The average molecular weight is 239 g/mol. The van der Waals surface area contributed by atoms with Crippen molar-refractivity contribution in [3.05, 3.63) is 0 Å². The normalized spacial score (nSPS) is 24.9. The maximum atomic E-state index is 10.9. The molecule has 0 aromatic carbocycles. The summed E-state index contributed by atoms with van der Waals surface area (Å²) >= 11 is 0. The molecule has 2 aliphatic rings. The fourth-order valence-electron chi connectivity index (χ4n) is 3.26. The first-order valence-electron chi connectivity index (χ1n) is 7.15. The van der Waals surface area contributed by atoms with Crippen LogP contribution >= 0.6 is 0 Å². The van der Waals surface area contributed by atoms with Gasteiger partial charge in [-0.05, 0) is 31.1 Å². The number of hydrogen-bond acceptors (Lipinski definition) is 2. The van der Waals surface area contributed by atoms with E-state index in [9.17, 15) is 4.79 Å². The Bertz CT molecular complexity index is 253. The Kier molecular flexibility index (Phi) is 4.43. The van der Waals surface area contributed by atoms with Crippen LogP contribution in [0, 0.1) is 5.41 Å². The molecule has 0 unspecified atom stereocenters. The lowest BCUT2D eigenvalue weighted by molar-refractivity contribution is -0.141. The van der Waals surface area contributed by atoms with Gasteiger partial charge in [0, 0.05) is 12.6 Å². The largest absolute Gasteiger partial charge is 0.481 e. The molecule has 2 fully saturated rings. The van der Waals surface area contributed by atoms with Crippen LogP contribution in [0.5, 0.6) is 0 Å². The SMILES string of the molecule is O=C(O)CC1(CNC2CCCCCC2)CCC1. The number of rotatable bonds is 5. The van der Waals surface area contributed by atoms with Gasteiger partial charge in [0.15, 0.2) is 0 Å². The molecule has 0 aliphatic heterocycles. The van der Waals surface area contributed by atoms with E-state index in [1.54, 1.807) is 0 Å². The van der Waals surface area contributed by atoms with Crippen LogP contribution in [0.15, 0.2) is 0 Å². The van der Waals surface area contributed by atoms with Gasteiger partial charge in [0.05, 0.1) is 6.42 Å². The van der Waals surface area contributed by atoms with Gasteiger partial charge in [-0.15, -0.1) is 0 Å². The highest BCUT2D eigenvalue weighted by atomic mass is 16.4. The lowest BCUT2D eigenvalue weighted by Gasteiger charge is -2.42. The number of aliphatic carboxylic acids is 1. The van der Waals surface area contributed by atoms with Crippen LogP contribution in [0.25, 0.3) is 0 Å². The minimum absolute atomic E-state index is 0.0815. The maximum absolute atomic E-state index is 10.9. The van der Waals surface area contributed by atoms with Crippen molar-refractivity contribution in [1.29, 1.82) is 0 Å². The molecule has 0 spiro atoms. The van der Waals surface area contributed by atoms with Gasteiger partial charge in [-0.1, -0.05) is 32.1 Å². The van der Waals surface area contributed by atoms with Crippen molar-refractivity contribution in [2.24, 2.45) is 5.41 Å². The number of hydrogen-bond donors (Lipinski definition) is 2. The minimum Gasteiger partial charge on any atom is -0.481 e. The third kappa shape index (κ3) is 3.70. The summed E-state index contributed by atoms with van der Waals surface area (Å²) in [5, 5.41) is 12.6. The van der Waals surface area contributed by atoms with Gasteiger partial charge in [0.25, 0.3) is 0 Å². The summed E-state index contributed by atoms with van der Waals surface area (Å²) in [4.78, 5) is 10.9. The van der Waals surface area contributed by atoms with Gasteiger partial charge in [-0.2, -0.15) is 0 Å². The van der Waals surface area contributed by atoms with Crippen molar-refractivity contribution in [3.8, 4) is 0 Å². The van der Waals surface area contributed by atoms with E-state index in [-0.39, 0.29) is 5.41 Å². The zero-order chi connectivity index (χ0) is 12.1. The third-order valence-electron chi connectivity index (χ3n) is 4.56. The zero-order valence-corrected chi connectivity index (χ0v) is 10.7. The van der Waals surface area contributed by atoms with Crippen molar-refractivity contribution < 1.29 is 9.90 Å². The molecule has 3 nitrogen and oxygen atoms in total. The second-order valence-electron chi connectivity index (χ2n) is 5.99. The summed E-state index contributed by atoms with van der Waals surface area (Å²) in [7, 11) is 0. The van der Waals surface area contributed by atoms with E-state index in [2.05, 4.69) is 5.32 Å². The van der Waals surface area contributed by atoms with Gasteiger partial charge in [0.1, 0.15) is 0 Å². The first-order valence-corrected chi connectivity index (χ1v) is 7.15. The molecule has 0 saturated heterocycles. The summed E-state index contributed by atoms with van der Waals surface area (Å²) < 4.78 is 0. The Labute approximate surface area is 104 Å². The summed E-state index contributed by atoms with van der Waals surface area (Å²) in [5.41, 5.74) is 0.0815. The molecule has 0 radical (unpaired) electrons. The van der Waals surface area contributed by atoms with Crippen LogP contribution in [0.2, 0.25) is 0 Å². The molecule has 98 valence electrons. The molecule has 17 heavy (non-hydrogen) atoms. The molecule has 0 aromatic heterocycles. The maximum Gasteiger partial charge on any atom is 0.303 e. The molecular formula is C14H25NO2. The highest BCUT2D eigenvalue weighted by molar-refractivity contribution is 5.68. The smallest absolute Gasteiger partial charge is 0.303 e. The fourth-order valence-corrected chi connectivity index (χ4v) is 3.26. The molecule has 0 aromatic rings. The standard InChI is InChI=1S/C14H25NO2/c16-13(17)10-14(8-5-9-14)11-15-12-6-3-1-2-4-7-12/h12,15H,1-11H2,(H,16,17). The Morgan fingerprint density at radius 3 is 2.24 bits per heavy atom.